The number of urea groups is 1. The van der Waals surface area contributed by atoms with Crippen molar-refractivity contribution in [3.8, 4) is 0 Å². The van der Waals surface area contributed by atoms with E-state index in [2.05, 4.69) is 16.0 Å². The molecule has 0 atom stereocenters. The van der Waals surface area contributed by atoms with Crippen LogP contribution in [0.4, 0.5) is 25.0 Å². The van der Waals surface area contributed by atoms with Crippen LogP contribution in [-0.2, 0) is 6.54 Å². The van der Waals surface area contributed by atoms with E-state index in [1.807, 2.05) is 25.7 Å². The molecule has 0 aromatic heterocycles. The summed E-state index contributed by atoms with van der Waals surface area (Å²) < 4.78 is 26.9. The summed E-state index contributed by atoms with van der Waals surface area (Å²) in [5.41, 5.74) is 2.02. The molecule has 210 valence electrons. The van der Waals surface area contributed by atoms with Gasteiger partial charge in [-0.3, -0.25) is 9.59 Å². The zero-order valence-corrected chi connectivity index (χ0v) is 22.8. The van der Waals surface area contributed by atoms with Crippen LogP contribution >= 0.6 is 0 Å². The van der Waals surface area contributed by atoms with E-state index in [0.29, 0.717) is 48.7 Å². The van der Waals surface area contributed by atoms with Gasteiger partial charge in [-0.05, 0) is 74.9 Å². The average molecular weight is 550 g/mol. The van der Waals surface area contributed by atoms with Crippen molar-refractivity contribution in [2.45, 2.75) is 32.9 Å². The van der Waals surface area contributed by atoms with Crippen molar-refractivity contribution in [2.24, 2.45) is 0 Å². The van der Waals surface area contributed by atoms with Gasteiger partial charge >= 0.3 is 6.03 Å². The standard InChI is InChI=1S/C30H33F2N5O3/c1-30(2,3)35-29(40)34-24-11-12-26(25(18-24)27(38)33-19-20-7-9-22(31)10-8-20)36-13-15-37(16-14-36)28(39)21-5-4-6-23(32)17-21/h4-12,17-18H,13-16,19H2,1-3H3,(H,33,38)(H2,34,35,40). The normalized spacial score (nSPS) is 13.5. The van der Waals surface area contributed by atoms with Crippen LogP contribution in [0.15, 0.2) is 66.7 Å². The predicted molar refractivity (Wildman–Crippen MR) is 150 cm³/mol. The Morgan fingerprint density at radius 1 is 0.850 bits per heavy atom. The molecule has 3 aromatic rings. The maximum Gasteiger partial charge on any atom is 0.319 e. The Morgan fingerprint density at radius 2 is 1.55 bits per heavy atom. The van der Waals surface area contributed by atoms with Crippen molar-refractivity contribution in [3.63, 3.8) is 0 Å². The summed E-state index contributed by atoms with van der Waals surface area (Å²) in [6.45, 7) is 7.47. The molecule has 3 N–H and O–H groups in total. The molecule has 4 rings (SSSR count). The first kappa shape index (κ1) is 28.5. The molecule has 0 saturated carbocycles. The van der Waals surface area contributed by atoms with Gasteiger partial charge in [0.1, 0.15) is 11.6 Å². The molecule has 1 heterocycles. The van der Waals surface area contributed by atoms with Gasteiger partial charge < -0.3 is 25.8 Å². The fourth-order valence-corrected chi connectivity index (χ4v) is 4.41. The number of nitrogens with zero attached hydrogens (tertiary/aromatic N) is 2. The number of amides is 4. The van der Waals surface area contributed by atoms with Crippen LogP contribution in [0, 0.1) is 11.6 Å². The maximum atomic E-state index is 13.6. The number of hydrogen-bond donors (Lipinski definition) is 3. The first-order valence-electron chi connectivity index (χ1n) is 13.0. The average Bonchev–Trinajstić information content (AvgIpc) is 2.91. The van der Waals surface area contributed by atoms with Gasteiger partial charge in [0, 0.05) is 55.2 Å². The third kappa shape index (κ3) is 7.56. The highest BCUT2D eigenvalue weighted by Crippen LogP contribution is 2.26. The lowest BCUT2D eigenvalue weighted by atomic mass is 10.1. The number of benzene rings is 3. The summed E-state index contributed by atoms with van der Waals surface area (Å²) in [5, 5.41) is 8.47. The fraction of sp³-hybridized carbons (Fsp3) is 0.300. The van der Waals surface area contributed by atoms with Crippen molar-refractivity contribution in [1.82, 2.24) is 15.5 Å². The van der Waals surface area contributed by atoms with Crippen LogP contribution in [0.2, 0.25) is 0 Å². The quantitative estimate of drug-likeness (QED) is 0.413. The summed E-state index contributed by atoms with van der Waals surface area (Å²) in [4.78, 5) is 42.3. The van der Waals surface area contributed by atoms with Crippen LogP contribution in [0.25, 0.3) is 0 Å². The third-order valence-corrected chi connectivity index (χ3v) is 6.33. The SMILES string of the molecule is CC(C)(C)NC(=O)Nc1ccc(N2CCN(C(=O)c3cccc(F)c3)CC2)c(C(=O)NCc2ccc(F)cc2)c1. The Balaban J connectivity index is 1.51. The van der Waals surface area contributed by atoms with E-state index in [1.54, 1.807) is 41.3 Å². The number of piperazine rings is 1. The molecule has 10 heteroatoms. The van der Waals surface area contributed by atoms with Crippen LogP contribution in [0.5, 0.6) is 0 Å². The summed E-state index contributed by atoms with van der Waals surface area (Å²) >= 11 is 0. The van der Waals surface area contributed by atoms with E-state index in [0.717, 1.165) is 5.56 Å². The van der Waals surface area contributed by atoms with Gasteiger partial charge in [0.25, 0.3) is 11.8 Å². The van der Waals surface area contributed by atoms with Gasteiger partial charge in [-0.2, -0.15) is 0 Å². The van der Waals surface area contributed by atoms with Gasteiger partial charge in [-0.15, -0.1) is 0 Å². The number of halogens is 2. The maximum absolute atomic E-state index is 13.6. The number of hydrogen-bond acceptors (Lipinski definition) is 4. The Kier molecular flexibility index (Phi) is 8.67. The molecule has 1 aliphatic heterocycles. The molecule has 40 heavy (non-hydrogen) atoms. The second-order valence-electron chi connectivity index (χ2n) is 10.7. The first-order chi connectivity index (χ1) is 19.0. The van der Waals surface area contributed by atoms with E-state index >= 15 is 0 Å². The van der Waals surface area contributed by atoms with Crippen LogP contribution in [0.1, 0.15) is 47.1 Å². The number of anilines is 2. The van der Waals surface area contributed by atoms with Crippen molar-refractivity contribution in [1.29, 1.82) is 0 Å². The summed E-state index contributed by atoms with van der Waals surface area (Å²) in [6, 6.07) is 16.2. The summed E-state index contributed by atoms with van der Waals surface area (Å²) in [7, 11) is 0. The highest BCUT2D eigenvalue weighted by molar-refractivity contribution is 6.02. The molecule has 1 fully saturated rings. The lowest BCUT2D eigenvalue weighted by molar-refractivity contribution is 0.0745. The number of carbonyl (C=O) groups is 3. The lowest BCUT2D eigenvalue weighted by Gasteiger charge is -2.37. The Labute approximate surface area is 232 Å². The molecule has 3 aromatic carbocycles. The van der Waals surface area contributed by atoms with Crippen LogP contribution in [0.3, 0.4) is 0 Å². The Bertz CT molecular complexity index is 1380. The van der Waals surface area contributed by atoms with E-state index < -0.39 is 17.4 Å². The molecule has 0 bridgehead atoms. The molecular formula is C30H33F2N5O3. The highest BCUT2D eigenvalue weighted by Gasteiger charge is 2.26. The Hall–Kier alpha value is -4.47. The van der Waals surface area contributed by atoms with Crippen molar-refractivity contribution in [2.75, 3.05) is 36.4 Å². The van der Waals surface area contributed by atoms with E-state index in [1.165, 1.54) is 30.3 Å². The molecule has 0 spiro atoms. The second kappa shape index (κ2) is 12.1. The molecule has 0 unspecified atom stereocenters. The molecule has 0 radical (unpaired) electrons. The minimum atomic E-state index is -0.467. The lowest BCUT2D eigenvalue weighted by Crippen LogP contribution is -2.49. The number of nitrogens with one attached hydrogen (secondary N) is 3. The van der Waals surface area contributed by atoms with E-state index in [4.69, 9.17) is 0 Å². The second-order valence-corrected chi connectivity index (χ2v) is 10.7. The van der Waals surface area contributed by atoms with Crippen LogP contribution < -0.4 is 20.9 Å². The van der Waals surface area contributed by atoms with E-state index in [9.17, 15) is 23.2 Å². The number of carbonyl (C=O) groups excluding carboxylic acids is 3. The number of rotatable bonds is 6. The minimum Gasteiger partial charge on any atom is -0.367 e. The summed E-state index contributed by atoms with van der Waals surface area (Å²) in [6.07, 6.45) is 0. The highest BCUT2D eigenvalue weighted by atomic mass is 19.1. The van der Waals surface area contributed by atoms with Gasteiger partial charge in [0.05, 0.1) is 5.56 Å². The Morgan fingerprint density at radius 3 is 2.20 bits per heavy atom. The summed E-state index contributed by atoms with van der Waals surface area (Å²) in [5.74, 6) is -1.44. The smallest absolute Gasteiger partial charge is 0.319 e. The predicted octanol–water partition coefficient (Wildman–Crippen LogP) is 4.78. The zero-order chi connectivity index (χ0) is 28.9. The monoisotopic (exact) mass is 549 g/mol. The van der Waals surface area contributed by atoms with Crippen molar-refractivity contribution < 1.29 is 23.2 Å². The van der Waals surface area contributed by atoms with Gasteiger partial charge in [-0.25, -0.2) is 13.6 Å². The fourth-order valence-electron chi connectivity index (χ4n) is 4.41. The molecule has 1 aliphatic rings. The largest absolute Gasteiger partial charge is 0.367 e. The first-order valence-corrected chi connectivity index (χ1v) is 13.0. The van der Waals surface area contributed by atoms with E-state index in [-0.39, 0.29) is 24.2 Å². The van der Waals surface area contributed by atoms with Crippen molar-refractivity contribution in [3.05, 3.63) is 95.1 Å². The molecule has 1 saturated heterocycles. The topological polar surface area (TPSA) is 93.8 Å². The molecule has 8 nitrogen and oxygen atoms in total. The molecule has 0 aliphatic carbocycles. The van der Waals surface area contributed by atoms with Gasteiger partial charge in [0.15, 0.2) is 0 Å². The molecular weight excluding hydrogens is 516 g/mol. The van der Waals surface area contributed by atoms with Crippen molar-refractivity contribution >= 4 is 29.2 Å². The minimum absolute atomic E-state index is 0.191. The van der Waals surface area contributed by atoms with Crippen LogP contribution in [-0.4, -0.2) is 54.5 Å². The zero-order valence-electron chi connectivity index (χ0n) is 22.8. The molecule has 4 amide bonds. The third-order valence-electron chi connectivity index (χ3n) is 6.33. The van der Waals surface area contributed by atoms with Gasteiger partial charge in [0.2, 0.25) is 0 Å². The van der Waals surface area contributed by atoms with Gasteiger partial charge in [-0.1, -0.05) is 18.2 Å².